The highest BCUT2D eigenvalue weighted by Gasteiger charge is 2.20. The zero-order valence-electron chi connectivity index (χ0n) is 11.4. The van der Waals surface area contributed by atoms with Crippen LogP contribution in [-0.2, 0) is 0 Å². The van der Waals surface area contributed by atoms with E-state index in [-0.39, 0.29) is 6.04 Å². The third-order valence-electron chi connectivity index (χ3n) is 3.77. The number of allylic oxidation sites excluding steroid dienone is 1. The lowest BCUT2D eigenvalue weighted by molar-refractivity contribution is 0.574. The van der Waals surface area contributed by atoms with Crippen molar-refractivity contribution < 1.29 is 0 Å². The molecule has 1 aromatic rings. The fraction of sp³-hybridized carbons (Fsp3) is 0.500. The highest BCUT2D eigenvalue weighted by atomic mass is 35.5. The van der Waals surface area contributed by atoms with Crippen molar-refractivity contribution in [3.05, 3.63) is 45.5 Å². The number of rotatable bonds is 3. The molecule has 0 bridgehead atoms. The Morgan fingerprint density at radius 3 is 2.42 bits per heavy atom. The SMILES string of the molecule is CNC(/C1=C/CCCCCC1)c1c(Cl)cccc1Cl. The largest absolute Gasteiger partial charge is 0.310 e. The summed E-state index contributed by atoms with van der Waals surface area (Å²) >= 11 is 12.7. The van der Waals surface area contributed by atoms with E-state index in [2.05, 4.69) is 11.4 Å². The predicted octanol–water partition coefficient (Wildman–Crippen LogP) is 5.53. The lowest BCUT2D eigenvalue weighted by Gasteiger charge is -2.24. The first kappa shape index (κ1) is 14.9. The molecular weight excluding hydrogens is 277 g/mol. The fourth-order valence-electron chi connectivity index (χ4n) is 2.78. The summed E-state index contributed by atoms with van der Waals surface area (Å²) in [5, 5.41) is 4.87. The first-order valence-corrected chi connectivity index (χ1v) is 7.79. The van der Waals surface area contributed by atoms with Gasteiger partial charge in [0.25, 0.3) is 0 Å². The summed E-state index contributed by atoms with van der Waals surface area (Å²) in [6, 6.07) is 5.86. The third kappa shape index (κ3) is 3.75. The van der Waals surface area contributed by atoms with Gasteiger partial charge in [-0.05, 0) is 44.9 Å². The summed E-state index contributed by atoms with van der Waals surface area (Å²) in [6.45, 7) is 0. The van der Waals surface area contributed by atoms with E-state index >= 15 is 0 Å². The minimum atomic E-state index is 0.138. The van der Waals surface area contributed by atoms with Crippen molar-refractivity contribution in [2.24, 2.45) is 0 Å². The molecule has 1 unspecified atom stereocenters. The first-order valence-electron chi connectivity index (χ1n) is 7.04. The Bertz CT molecular complexity index is 434. The number of hydrogen-bond acceptors (Lipinski definition) is 1. The molecule has 0 aromatic heterocycles. The van der Waals surface area contributed by atoms with Crippen molar-refractivity contribution in [3.63, 3.8) is 0 Å². The van der Waals surface area contributed by atoms with Crippen LogP contribution in [0.25, 0.3) is 0 Å². The van der Waals surface area contributed by atoms with Crippen LogP contribution in [0.15, 0.2) is 29.8 Å². The summed E-state index contributed by atoms with van der Waals surface area (Å²) in [7, 11) is 1.98. The molecule has 3 heteroatoms. The van der Waals surface area contributed by atoms with Gasteiger partial charge < -0.3 is 5.32 Å². The van der Waals surface area contributed by atoms with Crippen LogP contribution in [0.1, 0.15) is 50.1 Å². The van der Waals surface area contributed by atoms with Crippen LogP contribution >= 0.6 is 23.2 Å². The smallest absolute Gasteiger partial charge is 0.0563 e. The second-order valence-electron chi connectivity index (χ2n) is 5.09. The van der Waals surface area contributed by atoms with Gasteiger partial charge in [-0.15, -0.1) is 0 Å². The second-order valence-corrected chi connectivity index (χ2v) is 5.90. The molecule has 0 fully saturated rings. The number of likely N-dealkylation sites (N-methyl/N-ethyl adjacent to an activating group) is 1. The van der Waals surface area contributed by atoms with Crippen molar-refractivity contribution in [3.8, 4) is 0 Å². The van der Waals surface area contributed by atoms with Crippen LogP contribution in [0.5, 0.6) is 0 Å². The molecule has 0 saturated heterocycles. The fourth-order valence-corrected chi connectivity index (χ4v) is 3.40. The predicted molar refractivity (Wildman–Crippen MR) is 84.0 cm³/mol. The van der Waals surface area contributed by atoms with Crippen LogP contribution in [0.4, 0.5) is 0 Å². The van der Waals surface area contributed by atoms with Gasteiger partial charge in [0.15, 0.2) is 0 Å². The maximum Gasteiger partial charge on any atom is 0.0563 e. The van der Waals surface area contributed by atoms with Crippen LogP contribution in [0.2, 0.25) is 10.0 Å². The van der Waals surface area contributed by atoms with E-state index < -0.39 is 0 Å². The van der Waals surface area contributed by atoms with Gasteiger partial charge in [0, 0.05) is 15.6 Å². The Balaban J connectivity index is 2.32. The van der Waals surface area contributed by atoms with Crippen molar-refractivity contribution in [1.82, 2.24) is 5.32 Å². The molecule has 0 aliphatic heterocycles. The van der Waals surface area contributed by atoms with Crippen molar-refractivity contribution in [2.75, 3.05) is 7.05 Å². The van der Waals surface area contributed by atoms with E-state index in [0.717, 1.165) is 28.5 Å². The quantitative estimate of drug-likeness (QED) is 0.723. The zero-order valence-corrected chi connectivity index (χ0v) is 12.9. The summed E-state index contributed by atoms with van der Waals surface area (Å²) < 4.78 is 0. The standard InChI is InChI=1S/C16H21Cl2N/c1-19-16(12-8-5-3-2-4-6-9-12)15-13(17)10-7-11-14(15)18/h7-8,10-11,16,19H,2-6,9H2,1H3/b12-8+. The molecule has 0 heterocycles. The van der Waals surface area contributed by atoms with E-state index in [9.17, 15) is 0 Å². The van der Waals surface area contributed by atoms with E-state index in [1.807, 2.05) is 25.2 Å². The molecule has 0 saturated carbocycles. The van der Waals surface area contributed by atoms with E-state index in [1.54, 1.807) is 0 Å². The Morgan fingerprint density at radius 1 is 1.05 bits per heavy atom. The number of halogens is 2. The Morgan fingerprint density at radius 2 is 1.74 bits per heavy atom. The van der Waals surface area contributed by atoms with Gasteiger partial charge in [-0.1, -0.05) is 53.8 Å². The average Bonchev–Trinajstić information content (AvgIpc) is 2.35. The number of benzene rings is 1. The van der Waals surface area contributed by atoms with E-state index in [1.165, 1.54) is 31.3 Å². The van der Waals surface area contributed by atoms with Crippen LogP contribution in [-0.4, -0.2) is 7.05 Å². The van der Waals surface area contributed by atoms with Gasteiger partial charge in [-0.25, -0.2) is 0 Å². The topological polar surface area (TPSA) is 12.0 Å². The highest BCUT2D eigenvalue weighted by molar-refractivity contribution is 6.36. The molecule has 1 aliphatic rings. The van der Waals surface area contributed by atoms with E-state index in [0.29, 0.717) is 0 Å². The number of hydrogen-bond donors (Lipinski definition) is 1. The van der Waals surface area contributed by atoms with Crippen LogP contribution in [0.3, 0.4) is 0 Å². The van der Waals surface area contributed by atoms with Crippen molar-refractivity contribution >= 4 is 23.2 Å². The lowest BCUT2D eigenvalue weighted by Crippen LogP contribution is -2.20. The van der Waals surface area contributed by atoms with Gasteiger partial charge >= 0.3 is 0 Å². The highest BCUT2D eigenvalue weighted by Crippen LogP contribution is 2.36. The molecule has 1 atom stereocenters. The molecule has 104 valence electrons. The first-order chi connectivity index (χ1) is 9.24. The maximum absolute atomic E-state index is 6.34. The monoisotopic (exact) mass is 297 g/mol. The van der Waals surface area contributed by atoms with Gasteiger partial charge in [0.2, 0.25) is 0 Å². The Labute approximate surface area is 126 Å². The average molecular weight is 298 g/mol. The molecule has 19 heavy (non-hydrogen) atoms. The van der Waals surface area contributed by atoms with Crippen molar-refractivity contribution in [1.29, 1.82) is 0 Å². The molecule has 0 amide bonds. The van der Waals surface area contributed by atoms with Crippen LogP contribution < -0.4 is 5.32 Å². The molecule has 0 spiro atoms. The summed E-state index contributed by atoms with van der Waals surface area (Å²) in [4.78, 5) is 0. The molecular formula is C16H21Cl2N. The third-order valence-corrected chi connectivity index (χ3v) is 4.43. The normalized spacial score (nSPS) is 21.1. The van der Waals surface area contributed by atoms with Gasteiger partial charge in [0.05, 0.1) is 6.04 Å². The summed E-state index contributed by atoms with van der Waals surface area (Å²) in [5.41, 5.74) is 2.44. The molecule has 1 aliphatic carbocycles. The van der Waals surface area contributed by atoms with E-state index in [4.69, 9.17) is 23.2 Å². The second kappa shape index (κ2) is 7.33. The molecule has 2 rings (SSSR count). The van der Waals surface area contributed by atoms with Crippen LogP contribution in [0, 0.1) is 0 Å². The molecule has 1 nitrogen and oxygen atoms in total. The van der Waals surface area contributed by atoms with Gasteiger partial charge in [-0.2, -0.15) is 0 Å². The van der Waals surface area contributed by atoms with Gasteiger partial charge in [-0.3, -0.25) is 0 Å². The zero-order chi connectivity index (χ0) is 13.7. The minimum Gasteiger partial charge on any atom is -0.310 e. The lowest BCUT2D eigenvalue weighted by atomic mass is 9.91. The Kier molecular flexibility index (Phi) is 5.75. The molecule has 1 N–H and O–H groups in total. The molecule has 1 aromatic carbocycles. The minimum absolute atomic E-state index is 0.138. The maximum atomic E-state index is 6.34. The molecule has 0 radical (unpaired) electrons. The van der Waals surface area contributed by atoms with Gasteiger partial charge in [0.1, 0.15) is 0 Å². The summed E-state index contributed by atoms with van der Waals surface area (Å²) in [6.07, 6.45) is 9.88. The van der Waals surface area contributed by atoms with Crippen molar-refractivity contribution in [2.45, 2.75) is 44.6 Å². The summed E-state index contributed by atoms with van der Waals surface area (Å²) in [5.74, 6) is 0. The number of nitrogens with one attached hydrogen (secondary N) is 1. The Hall–Kier alpha value is -0.500.